The maximum absolute atomic E-state index is 13.4. The highest BCUT2D eigenvalue weighted by Crippen LogP contribution is 2.09. The van der Waals surface area contributed by atoms with Gasteiger partial charge in [-0.25, -0.2) is 9.18 Å². The van der Waals surface area contributed by atoms with E-state index in [9.17, 15) is 28.4 Å². The molecule has 0 aromatic heterocycles. The third kappa shape index (κ3) is 14.2. The first-order chi connectivity index (χ1) is 18.8. The van der Waals surface area contributed by atoms with Gasteiger partial charge in [-0.1, -0.05) is 39.8 Å². The monoisotopic (exact) mass is 584 g/mol. The molecule has 0 fully saturated rings. The van der Waals surface area contributed by atoms with Crippen LogP contribution in [0, 0.1) is 17.7 Å². The summed E-state index contributed by atoms with van der Waals surface area (Å²) in [7, 11) is 0. The summed E-state index contributed by atoms with van der Waals surface area (Å²) >= 11 is 4.17. The lowest BCUT2D eigenvalue weighted by atomic mass is 10.0. The van der Waals surface area contributed by atoms with Gasteiger partial charge in [0.15, 0.2) is 0 Å². The summed E-state index contributed by atoms with van der Waals surface area (Å²) < 4.78 is 18.4. The first kappa shape index (κ1) is 34.7. The van der Waals surface area contributed by atoms with Crippen LogP contribution in [0.2, 0.25) is 0 Å². The standard InChI is InChI=1S/C27H41FN4O7S/c1-16(2)12-21(30-25(36)20(8-9-23(33)34)32-27(38)39-14-17(3)4)26(37)31-22(15-40)24(35)29-11-10-18-6-5-7-19(28)13-18/h5-7,13,16-17,20-22,40H,8-12,14-15H2,1-4H3,(H,29,35)(H,30,36)(H,31,37)(H,32,38)(H,33,34)/t20-,21-,22-/m0/s1. The van der Waals surface area contributed by atoms with Crippen LogP contribution < -0.4 is 21.3 Å². The van der Waals surface area contributed by atoms with Gasteiger partial charge in [-0.05, 0) is 48.8 Å². The topological polar surface area (TPSA) is 163 Å². The van der Waals surface area contributed by atoms with Gasteiger partial charge < -0.3 is 31.1 Å². The molecular weight excluding hydrogens is 543 g/mol. The lowest BCUT2D eigenvalue weighted by Gasteiger charge is -2.25. The Balaban J connectivity index is 2.85. The molecule has 11 nitrogen and oxygen atoms in total. The van der Waals surface area contributed by atoms with Crippen LogP contribution in [0.15, 0.2) is 24.3 Å². The zero-order valence-corrected chi connectivity index (χ0v) is 24.3. The second kappa shape index (κ2) is 18.1. The quantitative estimate of drug-likeness (QED) is 0.153. The summed E-state index contributed by atoms with van der Waals surface area (Å²) in [5.41, 5.74) is 0.700. The highest BCUT2D eigenvalue weighted by Gasteiger charge is 2.30. The van der Waals surface area contributed by atoms with Gasteiger partial charge in [0.1, 0.15) is 23.9 Å². The predicted molar refractivity (Wildman–Crippen MR) is 150 cm³/mol. The van der Waals surface area contributed by atoms with E-state index in [0.717, 1.165) is 0 Å². The number of hydrogen-bond acceptors (Lipinski definition) is 7. The number of alkyl carbamates (subject to hydrolysis) is 1. The van der Waals surface area contributed by atoms with E-state index in [2.05, 4.69) is 33.9 Å². The van der Waals surface area contributed by atoms with E-state index in [4.69, 9.17) is 9.84 Å². The van der Waals surface area contributed by atoms with Crippen molar-refractivity contribution in [2.24, 2.45) is 11.8 Å². The number of carbonyl (C=O) groups is 5. The lowest BCUT2D eigenvalue weighted by molar-refractivity contribution is -0.137. The lowest BCUT2D eigenvalue weighted by Crippen LogP contribution is -2.57. The van der Waals surface area contributed by atoms with E-state index < -0.39 is 54.3 Å². The summed E-state index contributed by atoms with van der Waals surface area (Å²) in [6, 6.07) is 2.65. The number of carboxylic acids is 1. The molecule has 1 aromatic rings. The average Bonchev–Trinajstić information content (AvgIpc) is 2.87. The maximum atomic E-state index is 13.4. The summed E-state index contributed by atoms with van der Waals surface area (Å²) in [6.45, 7) is 7.65. The molecule has 0 spiro atoms. The minimum Gasteiger partial charge on any atom is -0.481 e. The highest BCUT2D eigenvalue weighted by molar-refractivity contribution is 7.80. The first-order valence-corrected chi connectivity index (χ1v) is 13.8. The van der Waals surface area contributed by atoms with Crippen LogP contribution >= 0.6 is 12.6 Å². The average molecular weight is 585 g/mol. The Bertz CT molecular complexity index is 1010. The molecule has 1 aromatic carbocycles. The van der Waals surface area contributed by atoms with Gasteiger partial charge in [-0.2, -0.15) is 12.6 Å². The Morgan fingerprint density at radius 2 is 1.57 bits per heavy atom. The Morgan fingerprint density at radius 3 is 2.15 bits per heavy atom. The predicted octanol–water partition coefficient (Wildman–Crippen LogP) is 2.05. The van der Waals surface area contributed by atoms with Crippen molar-refractivity contribution >= 4 is 42.4 Å². The van der Waals surface area contributed by atoms with E-state index in [-0.39, 0.29) is 49.4 Å². The molecule has 0 saturated heterocycles. The number of hydrogen-bond donors (Lipinski definition) is 6. The van der Waals surface area contributed by atoms with Crippen LogP contribution in [0.4, 0.5) is 9.18 Å². The zero-order chi connectivity index (χ0) is 30.2. The number of nitrogens with one attached hydrogen (secondary N) is 4. The fraction of sp³-hybridized carbons (Fsp3) is 0.593. The van der Waals surface area contributed by atoms with Gasteiger partial charge >= 0.3 is 12.1 Å². The number of aliphatic carboxylic acids is 1. The molecule has 1 rings (SSSR count). The summed E-state index contributed by atoms with van der Waals surface area (Å²) in [5, 5.41) is 19.3. The number of carboxylic acid groups (broad SMARTS) is 1. The second-order valence-electron chi connectivity index (χ2n) is 10.2. The van der Waals surface area contributed by atoms with Crippen LogP contribution in [-0.4, -0.2) is 71.9 Å². The van der Waals surface area contributed by atoms with E-state index in [0.29, 0.717) is 12.0 Å². The Morgan fingerprint density at radius 1 is 0.925 bits per heavy atom. The molecule has 0 radical (unpaired) electrons. The number of halogens is 1. The number of ether oxygens (including phenoxy) is 1. The van der Waals surface area contributed by atoms with E-state index in [1.165, 1.54) is 12.1 Å². The van der Waals surface area contributed by atoms with Crippen molar-refractivity contribution < 1.29 is 38.2 Å². The Labute approximate surface area is 239 Å². The minimum atomic E-state index is -1.26. The first-order valence-electron chi connectivity index (χ1n) is 13.2. The van der Waals surface area contributed by atoms with Gasteiger partial charge in [0, 0.05) is 18.7 Å². The third-order valence-corrected chi connectivity index (χ3v) is 5.93. The van der Waals surface area contributed by atoms with Crippen LogP contribution in [0.3, 0.4) is 0 Å². The molecule has 0 unspecified atom stereocenters. The molecule has 0 heterocycles. The number of amides is 4. The Hall–Kier alpha value is -3.35. The molecule has 224 valence electrons. The smallest absolute Gasteiger partial charge is 0.407 e. The van der Waals surface area contributed by atoms with Crippen LogP contribution in [0.5, 0.6) is 0 Å². The fourth-order valence-corrected chi connectivity index (χ4v) is 3.81. The number of carbonyl (C=O) groups excluding carboxylic acids is 4. The number of thiol groups is 1. The van der Waals surface area contributed by atoms with Gasteiger partial charge in [0.2, 0.25) is 17.7 Å². The van der Waals surface area contributed by atoms with Crippen molar-refractivity contribution in [1.29, 1.82) is 0 Å². The van der Waals surface area contributed by atoms with E-state index in [1.807, 2.05) is 27.7 Å². The van der Waals surface area contributed by atoms with Crippen molar-refractivity contribution in [3.8, 4) is 0 Å². The molecule has 40 heavy (non-hydrogen) atoms. The van der Waals surface area contributed by atoms with Crippen molar-refractivity contribution in [2.45, 2.75) is 71.5 Å². The van der Waals surface area contributed by atoms with Gasteiger partial charge in [0.25, 0.3) is 0 Å². The Kier molecular flexibility index (Phi) is 15.7. The second-order valence-corrected chi connectivity index (χ2v) is 10.6. The number of rotatable bonds is 17. The van der Waals surface area contributed by atoms with Crippen molar-refractivity contribution in [1.82, 2.24) is 21.3 Å². The summed E-state index contributed by atoms with van der Waals surface area (Å²) in [4.78, 5) is 62.1. The molecule has 4 amide bonds. The van der Waals surface area contributed by atoms with Crippen molar-refractivity contribution in [2.75, 3.05) is 18.9 Å². The van der Waals surface area contributed by atoms with Crippen LogP contribution in [0.25, 0.3) is 0 Å². The zero-order valence-electron chi connectivity index (χ0n) is 23.4. The molecule has 0 aliphatic rings. The molecule has 0 aliphatic carbocycles. The molecule has 0 bridgehead atoms. The summed E-state index contributed by atoms with van der Waals surface area (Å²) in [5.74, 6) is -3.44. The van der Waals surface area contributed by atoms with Crippen molar-refractivity contribution in [3.05, 3.63) is 35.6 Å². The van der Waals surface area contributed by atoms with Gasteiger partial charge in [-0.15, -0.1) is 0 Å². The third-order valence-electron chi connectivity index (χ3n) is 5.56. The normalized spacial score (nSPS) is 13.2. The number of benzene rings is 1. The molecule has 3 atom stereocenters. The minimum absolute atomic E-state index is 0.0234. The molecular formula is C27H41FN4O7S. The van der Waals surface area contributed by atoms with Crippen molar-refractivity contribution in [3.63, 3.8) is 0 Å². The fourth-order valence-electron chi connectivity index (χ4n) is 3.55. The van der Waals surface area contributed by atoms with Gasteiger partial charge in [-0.3, -0.25) is 19.2 Å². The van der Waals surface area contributed by atoms with Crippen LogP contribution in [0.1, 0.15) is 52.5 Å². The highest BCUT2D eigenvalue weighted by atomic mass is 32.1. The molecule has 5 N–H and O–H groups in total. The molecule has 0 aliphatic heterocycles. The summed E-state index contributed by atoms with van der Waals surface area (Å²) in [6.07, 6.45) is -0.912. The van der Waals surface area contributed by atoms with E-state index in [1.54, 1.807) is 12.1 Å². The maximum Gasteiger partial charge on any atom is 0.407 e. The van der Waals surface area contributed by atoms with Gasteiger partial charge in [0.05, 0.1) is 6.61 Å². The largest absolute Gasteiger partial charge is 0.481 e. The SMILES string of the molecule is CC(C)COC(=O)N[C@@H](CCC(=O)O)C(=O)N[C@@H](CC(C)C)C(=O)N[C@@H](CS)C(=O)NCCc1cccc(F)c1. The molecule has 0 saturated carbocycles. The van der Waals surface area contributed by atoms with E-state index >= 15 is 0 Å². The molecule has 13 heteroatoms. The van der Waals surface area contributed by atoms with Crippen LogP contribution in [-0.2, 0) is 30.3 Å².